The molecule has 148 valence electrons. The van der Waals surface area contributed by atoms with E-state index in [0.717, 1.165) is 24.6 Å². The molecule has 0 radical (unpaired) electrons. The van der Waals surface area contributed by atoms with Crippen molar-refractivity contribution in [1.82, 2.24) is 10.6 Å². The van der Waals surface area contributed by atoms with Crippen LogP contribution in [0.4, 0.5) is 0 Å². The van der Waals surface area contributed by atoms with Gasteiger partial charge in [-0.2, -0.15) is 0 Å². The monoisotopic (exact) mass is 391 g/mol. The minimum atomic E-state index is -0.0309. The zero-order chi connectivity index (χ0) is 19.5. The molecule has 3 N–H and O–H groups in total. The number of nitrogens with one attached hydrogen (secondary N) is 2. The van der Waals surface area contributed by atoms with Crippen LogP contribution < -0.4 is 20.1 Å². The molecule has 6 nitrogen and oxygen atoms in total. The molecule has 1 aromatic carbocycles. The van der Waals surface area contributed by atoms with Gasteiger partial charge in [-0.05, 0) is 36.1 Å². The highest BCUT2D eigenvalue weighted by molar-refractivity contribution is 7.10. The summed E-state index contributed by atoms with van der Waals surface area (Å²) >= 11 is 1.78. The van der Waals surface area contributed by atoms with Gasteiger partial charge in [-0.15, -0.1) is 11.3 Å². The first kappa shape index (κ1) is 21.1. The molecule has 1 heterocycles. The van der Waals surface area contributed by atoms with Gasteiger partial charge < -0.3 is 25.2 Å². The maximum Gasteiger partial charge on any atom is 0.191 e. The number of hydrogen-bond donors (Lipinski definition) is 3. The average Bonchev–Trinajstić information content (AvgIpc) is 3.23. The molecule has 27 heavy (non-hydrogen) atoms. The van der Waals surface area contributed by atoms with Gasteiger partial charge in [0, 0.05) is 23.9 Å². The second-order valence-corrected chi connectivity index (χ2v) is 7.03. The van der Waals surface area contributed by atoms with E-state index in [1.807, 2.05) is 18.2 Å². The van der Waals surface area contributed by atoms with Crippen LogP contribution in [0, 0.1) is 0 Å². The molecule has 2 rings (SSSR count). The number of guanidine groups is 1. The largest absolute Gasteiger partial charge is 0.493 e. The number of aliphatic imine (C=N–C) groups is 1. The van der Waals surface area contributed by atoms with Gasteiger partial charge in [0.05, 0.1) is 20.3 Å². The van der Waals surface area contributed by atoms with Gasteiger partial charge in [-0.25, -0.2) is 4.99 Å². The zero-order valence-corrected chi connectivity index (χ0v) is 17.0. The Morgan fingerprint density at radius 1 is 1.26 bits per heavy atom. The summed E-state index contributed by atoms with van der Waals surface area (Å²) in [4.78, 5) is 6.03. The second-order valence-electron chi connectivity index (χ2n) is 6.05. The number of aliphatic hydroxyl groups excluding tert-OH is 1. The smallest absolute Gasteiger partial charge is 0.191 e. The van der Waals surface area contributed by atoms with E-state index in [2.05, 4.69) is 47.0 Å². The standard InChI is InChI=1S/C20H29N3O3S/c1-4-21-20(22-13-15(2)19-6-5-11-27-19)23-14-16-7-8-17(26-10-9-24)18(12-16)25-3/h5-8,11-12,15,24H,4,9-10,13-14H2,1-3H3,(H2,21,22,23). The van der Waals surface area contributed by atoms with Crippen LogP contribution in [-0.4, -0.2) is 44.5 Å². The Labute approximate surface area is 165 Å². The summed E-state index contributed by atoms with van der Waals surface area (Å²) in [5.74, 6) is 2.48. The predicted octanol–water partition coefficient (Wildman–Crippen LogP) is 2.99. The third-order valence-electron chi connectivity index (χ3n) is 3.95. The lowest BCUT2D eigenvalue weighted by Crippen LogP contribution is -2.39. The third kappa shape index (κ3) is 6.77. The summed E-state index contributed by atoms with van der Waals surface area (Å²) < 4.78 is 10.8. The maximum absolute atomic E-state index is 8.89. The highest BCUT2D eigenvalue weighted by atomic mass is 32.1. The van der Waals surface area contributed by atoms with Crippen LogP contribution in [0.5, 0.6) is 11.5 Å². The number of methoxy groups -OCH3 is 1. The average molecular weight is 392 g/mol. The lowest BCUT2D eigenvalue weighted by molar-refractivity contribution is 0.196. The van der Waals surface area contributed by atoms with Crippen molar-refractivity contribution >= 4 is 17.3 Å². The van der Waals surface area contributed by atoms with Gasteiger partial charge in [-0.3, -0.25) is 0 Å². The Kier molecular flexibility index (Phi) is 8.94. The summed E-state index contributed by atoms with van der Waals surface area (Å²) in [6, 6.07) is 9.95. The van der Waals surface area contributed by atoms with Crippen molar-refractivity contribution in [3.05, 3.63) is 46.2 Å². The van der Waals surface area contributed by atoms with E-state index < -0.39 is 0 Å². The van der Waals surface area contributed by atoms with E-state index in [4.69, 9.17) is 14.6 Å². The molecular weight excluding hydrogens is 362 g/mol. The minimum Gasteiger partial charge on any atom is -0.493 e. The van der Waals surface area contributed by atoms with Crippen molar-refractivity contribution in [2.45, 2.75) is 26.3 Å². The van der Waals surface area contributed by atoms with Crippen molar-refractivity contribution < 1.29 is 14.6 Å². The Balaban J connectivity index is 1.98. The lowest BCUT2D eigenvalue weighted by Gasteiger charge is -2.15. The number of ether oxygens (including phenoxy) is 2. The van der Waals surface area contributed by atoms with Gasteiger partial charge in [0.1, 0.15) is 6.61 Å². The predicted molar refractivity (Wildman–Crippen MR) is 111 cm³/mol. The number of hydrogen-bond acceptors (Lipinski definition) is 5. The number of rotatable bonds is 10. The van der Waals surface area contributed by atoms with E-state index in [1.54, 1.807) is 18.4 Å². The van der Waals surface area contributed by atoms with E-state index in [-0.39, 0.29) is 13.2 Å². The molecule has 1 atom stereocenters. The van der Waals surface area contributed by atoms with Crippen molar-refractivity contribution in [3.63, 3.8) is 0 Å². The van der Waals surface area contributed by atoms with Crippen molar-refractivity contribution in [2.75, 3.05) is 33.4 Å². The van der Waals surface area contributed by atoms with Crippen LogP contribution >= 0.6 is 11.3 Å². The van der Waals surface area contributed by atoms with Gasteiger partial charge in [0.15, 0.2) is 17.5 Å². The number of benzene rings is 1. The van der Waals surface area contributed by atoms with Crippen LogP contribution in [0.2, 0.25) is 0 Å². The summed E-state index contributed by atoms with van der Waals surface area (Å²) in [6.45, 7) is 6.62. The first-order chi connectivity index (χ1) is 13.2. The normalized spacial score (nSPS) is 12.5. The molecule has 0 saturated carbocycles. The van der Waals surface area contributed by atoms with Crippen molar-refractivity contribution in [1.29, 1.82) is 0 Å². The summed E-state index contributed by atoms with van der Waals surface area (Å²) in [7, 11) is 1.60. The van der Waals surface area contributed by atoms with Crippen molar-refractivity contribution in [2.24, 2.45) is 4.99 Å². The van der Waals surface area contributed by atoms with Crippen LogP contribution in [0.3, 0.4) is 0 Å². The van der Waals surface area contributed by atoms with E-state index in [0.29, 0.717) is 24.0 Å². The highest BCUT2D eigenvalue weighted by Gasteiger charge is 2.08. The fourth-order valence-corrected chi connectivity index (χ4v) is 3.31. The molecule has 1 unspecified atom stereocenters. The van der Waals surface area contributed by atoms with Gasteiger partial charge in [-0.1, -0.05) is 19.1 Å². The van der Waals surface area contributed by atoms with E-state index in [1.165, 1.54) is 4.88 Å². The molecule has 0 fully saturated rings. The first-order valence-electron chi connectivity index (χ1n) is 9.14. The molecule has 0 bridgehead atoms. The van der Waals surface area contributed by atoms with Crippen LogP contribution in [0.25, 0.3) is 0 Å². The number of thiophene rings is 1. The Hall–Kier alpha value is -2.25. The summed E-state index contributed by atoms with van der Waals surface area (Å²) in [6.07, 6.45) is 0. The molecule has 0 aliphatic rings. The minimum absolute atomic E-state index is 0.0309. The molecule has 0 aliphatic carbocycles. The molecule has 0 spiro atoms. The zero-order valence-electron chi connectivity index (χ0n) is 16.2. The SMILES string of the molecule is CCNC(=NCc1ccc(OCCO)c(OC)c1)NCC(C)c1cccs1. The molecular formula is C20H29N3O3S. The number of nitrogens with zero attached hydrogens (tertiary/aromatic N) is 1. The molecule has 0 aliphatic heterocycles. The number of aliphatic hydroxyl groups is 1. The van der Waals surface area contributed by atoms with Crippen LogP contribution in [-0.2, 0) is 6.54 Å². The summed E-state index contributed by atoms with van der Waals surface area (Å²) in [5.41, 5.74) is 1.02. The van der Waals surface area contributed by atoms with Crippen LogP contribution in [0.1, 0.15) is 30.2 Å². The van der Waals surface area contributed by atoms with E-state index >= 15 is 0 Å². The topological polar surface area (TPSA) is 75.1 Å². The molecule has 0 amide bonds. The molecule has 2 aromatic rings. The maximum atomic E-state index is 8.89. The first-order valence-corrected chi connectivity index (χ1v) is 10.0. The lowest BCUT2D eigenvalue weighted by atomic mass is 10.1. The summed E-state index contributed by atoms with van der Waals surface area (Å²) in [5, 5.41) is 17.7. The Morgan fingerprint density at radius 2 is 2.11 bits per heavy atom. The molecule has 0 saturated heterocycles. The quantitative estimate of drug-likeness (QED) is 0.429. The van der Waals surface area contributed by atoms with Gasteiger partial charge in [0.2, 0.25) is 0 Å². The van der Waals surface area contributed by atoms with E-state index in [9.17, 15) is 0 Å². The van der Waals surface area contributed by atoms with Gasteiger partial charge in [0.25, 0.3) is 0 Å². The highest BCUT2D eigenvalue weighted by Crippen LogP contribution is 2.28. The third-order valence-corrected chi connectivity index (χ3v) is 5.05. The fraction of sp³-hybridized carbons (Fsp3) is 0.450. The Morgan fingerprint density at radius 3 is 2.78 bits per heavy atom. The Bertz CT molecular complexity index is 705. The molecule has 1 aromatic heterocycles. The van der Waals surface area contributed by atoms with Crippen molar-refractivity contribution in [3.8, 4) is 11.5 Å². The second kappa shape index (κ2) is 11.5. The fourth-order valence-electron chi connectivity index (χ4n) is 2.52. The van der Waals surface area contributed by atoms with Gasteiger partial charge >= 0.3 is 0 Å². The van der Waals surface area contributed by atoms with Crippen LogP contribution in [0.15, 0.2) is 40.7 Å². The molecule has 7 heteroatoms.